The lowest BCUT2D eigenvalue weighted by Crippen LogP contribution is -2.26. The van der Waals surface area contributed by atoms with Gasteiger partial charge in [-0.15, -0.1) is 0 Å². The third kappa shape index (κ3) is 3.76. The van der Waals surface area contributed by atoms with Crippen LogP contribution in [-0.2, 0) is 10.0 Å². The minimum atomic E-state index is -4.20. The summed E-state index contributed by atoms with van der Waals surface area (Å²) in [4.78, 5) is 9.98. The van der Waals surface area contributed by atoms with Crippen molar-refractivity contribution < 1.29 is 22.7 Å². The molecule has 0 bridgehead atoms. The molecule has 1 aromatic carbocycles. The number of nitrogens with one attached hydrogen (secondary N) is 1. The summed E-state index contributed by atoms with van der Waals surface area (Å²) in [6, 6.07) is 1.70. The Morgan fingerprint density at radius 1 is 1.53 bits per heavy atom. The lowest BCUT2D eigenvalue weighted by molar-refractivity contribution is 0.0691. The zero-order chi connectivity index (χ0) is 14.8. The molecule has 8 heteroatoms. The number of hydrogen-bond donors (Lipinski definition) is 2. The van der Waals surface area contributed by atoms with E-state index in [9.17, 15) is 17.6 Å². The fourth-order valence-electron chi connectivity index (χ4n) is 1.21. The molecule has 0 aromatic heterocycles. The van der Waals surface area contributed by atoms with Crippen molar-refractivity contribution in [2.24, 2.45) is 0 Å². The number of aromatic carboxylic acids is 1. The van der Waals surface area contributed by atoms with E-state index in [2.05, 4.69) is 11.3 Å². The van der Waals surface area contributed by atoms with Gasteiger partial charge in [-0.2, -0.15) is 0 Å². The first-order valence-electron chi connectivity index (χ1n) is 5.01. The Morgan fingerprint density at radius 3 is 2.58 bits per heavy atom. The van der Waals surface area contributed by atoms with Crippen LogP contribution in [0, 0.1) is 5.82 Å². The molecule has 0 saturated carbocycles. The van der Waals surface area contributed by atoms with Gasteiger partial charge in [-0.1, -0.05) is 23.8 Å². The number of carbonyl (C=O) groups is 1. The molecule has 0 fully saturated rings. The summed E-state index contributed by atoms with van der Waals surface area (Å²) in [5, 5.41) is 8.58. The second-order valence-electron chi connectivity index (χ2n) is 3.85. The minimum Gasteiger partial charge on any atom is -0.478 e. The molecular weight excluding hydrogens is 297 g/mol. The highest BCUT2D eigenvalue weighted by atomic mass is 35.5. The van der Waals surface area contributed by atoms with Crippen LogP contribution in [0.25, 0.3) is 0 Å². The van der Waals surface area contributed by atoms with E-state index < -0.39 is 32.3 Å². The van der Waals surface area contributed by atoms with Gasteiger partial charge in [-0.05, 0) is 19.1 Å². The van der Waals surface area contributed by atoms with Crippen LogP contribution < -0.4 is 4.72 Å². The molecule has 1 aromatic rings. The van der Waals surface area contributed by atoms with Crippen molar-refractivity contribution in [3.63, 3.8) is 0 Å². The Morgan fingerprint density at radius 2 is 2.11 bits per heavy atom. The van der Waals surface area contributed by atoms with Gasteiger partial charge in [0.05, 0.1) is 5.56 Å². The number of rotatable bonds is 5. The number of benzene rings is 1. The molecule has 0 aliphatic heterocycles. The first kappa shape index (κ1) is 15.6. The first-order chi connectivity index (χ1) is 8.65. The first-order valence-corrected chi connectivity index (χ1v) is 6.87. The van der Waals surface area contributed by atoms with Crippen LogP contribution in [-0.4, -0.2) is 26.0 Å². The predicted molar refractivity (Wildman–Crippen MR) is 68.4 cm³/mol. The number of hydrogen-bond acceptors (Lipinski definition) is 3. The SMILES string of the molecule is C=C(C)CNS(=O)(=O)c1cc(Cl)cc(C(=O)O)c1F. The molecule has 1 rings (SSSR count). The van der Waals surface area contributed by atoms with Gasteiger partial charge in [0.15, 0.2) is 5.82 Å². The maximum absolute atomic E-state index is 13.8. The maximum Gasteiger partial charge on any atom is 0.338 e. The highest BCUT2D eigenvalue weighted by Crippen LogP contribution is 2.23. The van der Waals surface area contributed by atoms with Crippen molar-refractivity contribution in [3.05, 3.63) is 40.7 Å². The van der Waals surface area contributed by atoms with Crippen LogP contribution in [0.2, 0.25) is 5.02 Å². The van der Waals surface area contributed by atoms with Crippen LogP contribution in [0.15, 0.2) is 29.2 Å². The van der Waals surface area contributed by atoms with Crippen LogP contribution in [0.1, 0.15) is 17.3 Å². The zero-order valence-electron chi connectivity index (χ0n) is 9.91. The van der Waals surface area contributed by atoms with Gasteiger partial charge < -0.3 is 5.11 Å². The fourth-order valence-corrected chi connectivity index (χ4v) is 2.71. The lowest BCUT2D eigenvalue weighted by Gasteiger charge is -2.09. The van der Waals surface area contributed by atoms with E-state index in [-0.39, 0.29) is 11.6 Å². The molecule has 0 saturated heterocycles. The molecule has 0 unspecified atom stereocenters. The van der Waals surface area contributed by atoms with Crippen LogP contribution in [0.4, 0.5) is 4.39 Å². The summed E-state index contributed by atoms with van der Waals surface area (Å²) >= 11 is 5.60. The lowest BCUT2D eigenvalue weighted by atomic mass is 10.2. The number of carboxylic acids is 1. The molecule has 0 aliphatic carbocycles. The molecule has 0 heterocycles. The number of carboxylic acid groups (broad SMARTS) is 1. The normalized spacial score (nSPS) is 11.3. The van der Waals surface area contributed by atoms with Crippen molar-refractivity contribution in [1.29, 1.82) is 0 Å². The van der Waals surface area contributed by atoms with Gasteiger partial charge >= 0.3 is 5.97 Å². The maximum atomic E-state index is 13.8. The summed E-state index contributed by atoms with van der Waals surface area (Å²) < 4.78 is 39.6. The monoisotopic (exact) mass is 307 g/mol. The average Bonchev–Trinajstić information content (AvgIpc) is 2.28. The fraction of sp³-hybridized carbons (Fsp3) is 0.182. The topological polar surface area (TPSA) is 83.5 Å². The van der Waals surface area contributed by atoms with Crippen molar-refractivity contribution in [3.8, 4) is 0 Å². The van der Waals surface area contributed by atoms with E-state index in [0.29, 0.717) is 5.57 Å². The largest absolute Gasteiger partial charge is 0.478 e. The standard InChI is InChI=1S/C11H11ClFNO4S/c1-6(2)5-14-19(17,18)9-4-7(12)3-8(10(9)13)11(15)16/h3-4,14H,1,5H2,2H3,(H,15,16). The summed E-state index contributed by atoms with van der Waals surface area (Å²) in [5.74, 6) is -2.96. The van der Waals surface area contributed by atoms with Crippen LogP contribution in [0.3, 0.4) is 0 Å². The Kier molecular flexibility index (Phi) is 4.67. The predicted octanol–water partition coefficient (Wildman–Crippen LogP) is 2.03. The van der Waals surface area contributed by atoms with Crippen molar-refractivity contribution >= 4 is 27.6 Å². The number of halogens is 2. The van der Waals surface area contributed by atoms with Gasteiger partial charge in [0.2, 0.25) is 10.0 Å². The van der Waals surface area contributed by atoms with Crippen LogP contribution >= 0.6 is 11.6 Å². The molecule has 2 N–H and O–H groups in total. The summed E-state index contributed by atoms with van der Waals surface area (Å²) in [6.07, 6.45) is 0. The molecule has 0 amide bonds. The second-order valence-corrected chi connectivity index (χ2v) is 6.02. The zero-order valence-corrected chi connectivity index (χ0v) is 11.5. The van der Waals surface area contributed by atoms with Gasteiger partial charge in [0.25, 0.3) is 0 Å². The van der Waals surface area contributed by atoms with E-state index in [1.54, 1.807) is 6.92 Å². The molecule has 104 valence electrons. The van der Waals surface area contributed by atoms with Gasteiger partial charge in [0, 0.05) is 11.6 Å². The molecule has 5 nitrogen and oxygen atoms in total. The highest BCUT2D eigenvalue weighted by Gasteiger charge is 2.24. The molecule has 0 atom stereocenters. The average molecular weight is 308 g/mol. The highest BCUT2D eigenvalue weighted by molar-refractivity contribution is 7.89. The van der Waals surface area contributed by atoms with Gasteiger partial charge in [-0.25, -0.2) is 22.3 Å². The Hall–Kier alpha value is -1.44. The van der Waals surface area contributed by atoms with Gasteiger partial charge in [-0.3, -0.25) is 0 Å². The minimum absolute atomic E-state index is 0.0866. The van der Waals surface area contributed by atoms with E-state index in [1.807, 2.05) is 0 Å². The molecule has 0 aliphatic rings. The quantitative estimate of drug-likeness (QED) is 0.815. The summed E-state index contributed by atoms with van der Waals surface area (Å²) in [5.41, 5.74) is -0.285. The molecule has 0 radical (unpaired) electrons. The third-order valence-electron chi connectivity index (χ3n) is 2.09. The molecule has 19 heavy (non-hydrogen) atoms. The second kappa shape index (κ2) is 5.68. The van der Waals surface area contributed by atoms with E-state index >= 15 is 0 Å². The summed E-state index contributed by atoms with van der Waals surface area (Å²) in [7, 11) is -4.20. The van der Waals surface area contributed by atoms with Crippen molar-refractivity contribution in [2.75, 3.05) is 6.54 Å². The van der Waals surface area contributed by atoms with E-state index in [0.717, 1.165) is 12.1 Å². The molecular formula is C11H11ClFNO4S. The Labute approximate surface area is 114 Å². The smallest absolute Gasteiger partial charge is 0.338 e. The van der Waals surface area contributed by atoms with E-state index in [1.165, 1.54) is 0 Å². The third-order valence-corrected chi connectivity index (χ3v) is 3.71. The molecule has 0 spiro atoms. The summed E-state index contributed by atoms with van der Waals surface area (Å²) in [6.45, 7) is 4.99. The van der Waals surface area contributed by atoms with Crippen molar-refractivity contribution in [1.82, 2.24) is 4.72 Å². The number of sulfonamides is 1. The Bertz CT molecular complexity index is 642. The Balaban J connectivity index is 3.34. The van der Waals surface area contributed by atoms with E-state index in [4.69, 9.17) is 16.7 Å². The van der Waals surface area contributed by atoms with Crippen LogP contribution in [0.5, 0.6) is 0 Å². The van der Waals surface area contributed by atoms with Gasteiger partial charge in [0.1, 0.15) is 4.90 Å². The van der Waals surface area contributed by atoms with Crippen molar-refractivity contribution in [2.45, 2.75) is 11.8 Å².